The predicted molar refractivity (Wildman–Crippen MR) is 78.0 cm³/mol. The average molecular weight is 302 g/mol. The van der Waals surface area contributed by atoms with Crippen LogP contribution in [0, 0.1) is 6.92 Å². The number of rotatable bonds is 3. The van der Waals surface area contributed by atoms with Crippen LogP contribution in [0.4, 0.5) is 0 Å². The number of alkyl halides is 1. The van der Waals surface area contributed by atoms with Crippen molar-refractivity contribution < 1.29 is 8.42 Å². The first-order chi connectivity index (χ1) is 9.07. The van der Waals surface area contributed by atoms with Gasteiger partial charge in [-0.25, -0.2) is 8.42 Å². The number of nitrogens with zero attached hydrogens (tertiary/aromatic N) is 1. The standard InChI is InChI=1S/C14H20ClNO2S/c1-12-7-4-5-9-14(12)19(17,18)16-10-6-2-3-8-13(16)11-15/h4-5,7,9,13H,2-3,6,8,10-11H2,1H3. The first-order valence-electron chi connectivity index (χ1n) is 6.71. The fourth-order valence-electron chi connectivity index (χ4n) is 2.59. The van der Waals surface area contributed by atoms with E-state index in [1.165, 1.54) is 0 Å². The summed E-state index contributed by atoms with van der Waals surface area (Å²) in [5.74, 6) is 0.366. The molecule has 0 aromatic heterocycles. The summed E-state index contributed by atoms with van der Waals surface area (Å²) in [5, 5.41) is 0. The largest absolute Gasteiger partial charge is 0.243 e. The van der Waals surface area contributed by atoms with Crippen LogP contribution in [0.2, 0.25) is 0 Å². The smallest absolute Gasteiger partial charge is 0.207 e. The third-order valence-corrected chi connectivity index (χ3v) is 6.15. The van der Waals surface area contributed by atoms with Crippen LogP contribution >= 0.6 is 11.6 Å². The molecule has 0 amide bonds. The van der Waals surface area contributed by atoms with Gasteiger partial charge in [-0.3, -0.25) is 0 Å². The van der Waals surface area contributed by atoms with Crippen molar-refractivity contribution in [3.8, 4) is 0 Å². The molecular formula is C14H20ClNO2S. The molecule has 1 unspecified atom stereocenters. The molecule has 1 aromatic carbocycles. The summed E-state index contributed by atoms with van der Waals surface area (Å²) in [6.07, 6.45) is 3.90. The molecule has 0 N–H and O–H groups in total. The van der Waals surface area contributed by atoms with E-state index in [1.807, 2.05) is 19.1 Å². The van der Waals surface area contributed by atoms with Crippen molar-refractivity contribution >= 4 is 21.6 Å². The second-order valence-electron chi connectivity index (χ2n) is 5.04. The van der Waals surface area contributed by atoms with Gasteiger partial charge in [0.1, 0.15) is 0 Å². The molecule has 3 nitrogen and oxygen atoms in total. The van der Waals surface area contributed by atoms with Crippen molar-refractivity contribution in [2.75, 3.05) is 12.4 Å². The molecule has 0 radical (unpaired) electrons. The van der Waals surface area contributed by atoms with E-state index in [4.69, 9.17) is 11.6 Å². The molecule has 106 valence electrons. The number of sulfonamides is 1. The number of halogens is 1. The number of benzene rings is 1. The quantitative estimate of drug-likeness (QED) is 0.804. The maximum Gasteiger partial charge on any atom is 0.243 e. The normalized spacial score (nSPS) is 22.1. The van der Waals surface area contributed by atoms with E-state index in [0.717, 1.165) is 31.2 Å². The average Bonchev–Trinajstić information content (AvgIpc) is 2.64. The van der Waals surface area contributed by atoms with Crippen LogP contribution in [0.15, 0.2) is 29.2 Å². The van der Waals surface area contributed by atoms with E-state index < -0.39 is 10.0 Å². The van der Waals surface area contributed by atoms with E-state index in [-0.39, 0.29) is 6.04 Å². The second-order valence-corrected chi connectivity index (χ2v) is 7.21. The van der Waals surface area contributed by atoms with E-state index in [1.54, 1.807) is 16.4 Å². The molecule has 1 atom stereocenters. The summed E-state index contributed by atoms with van der Waals surface area (Å²) in [6.45, 7) is 2.41. The third-order valence-electron chi connectivity index (χ3n) is 3.68. The Morgan fingerprint density at radius 2 is 2.00 bits per heavy atom. The Kier molecular flexibility index (Phi) is 4.87. The zero-order chi connectivity index (χ0) is 13.9. The van der Waals surface area contributed by atoms with Gasteiger partial charge in [-0.1, -0.05) is 31.0 Å². The van der Waals surface area contributed by atoms with Gasteiger partial charge in [-0.2, -0.15) is 4.31 Å². The monoisotopic (exact) mass is 301 g/mol. The van der Waals surface area contributed by atoms with Crippen molar-refractivity contribution in [2.45, 2.75) is 43.5 Å². The summed E-state index contributed by atoms with van der Waals surface area (Å²) >= 11 is 5.97. The van der Waals surface area contributed by atoms with Gasteiger partial charge in [0.2, 0.25) is 10.0 Å². The zero-order valence-corrected chi connectivity index (χ0v) is 12.8. The maximum atomic E-state index is 12.8. The van der Waals surface area contributed by atoms with Crippen LogP contribution in [0.25, 0.3) is 0 Å². The summed E-state index contributed by atoms with van der Waals surface area (Å²) in [4.78, 5) is 0.409. The van der Waals surface area contributed by atoms with Gasteiger partial charge in [0.05, 0.1) is 4.90 Å². The van der Waals surface area contributed by atoms with Crippen LogP contribution in [0.5, 0.6) is 0 Å². The summed E-state index contributed by atoms with van der Waals surface area (Å²) in [5.41, 5.74) is 0.792. The first-order valence-corrected chi connectivity index (χ1v) is 8.68. The fourth-order valence-corrected chi connectivity index (χ4v) is 4.92. The van der Waals surface area contributed by atoms with Crippen molar-refractivity contribution in [3.63, 3.8) is 0 Å². The molecule has 0 spiro atoms. The highest BCUT2D eigenvalue weighted by Crippen LogP contribution is 2.27. The molecule has 1 saturated heterocycles. The SMILES string of the molecule is Cc1ccccc1S(=O)(=O)N1CCCCCC1CCl. The third kappa shape index (κ3) is 3.12. The molecule has 5 heteroatoms. The number of aryl methyl sites for hydroxylation is 1. The van der Waals surface area contributed by atoms with Crippen LogP contribution < -0.4 is 0 Å². The van der Waals surface area contributed by atoms with Crippen molar-refractivity contribution in [3.05, 3.63) is 29.8 Å². The van der Waals surface area contributed by atoms with Crippen LogP contribution in [0.3, 0.4) is 0 Å². The van der Waals surface area contributed by atoms with E-state index in [9.17, 15) is 8.42 Å². The Bertz CT molecular complexity index is 530. The van der Waals surface area contributed by atoms with Gasteiger partial charge in [0, 0.05) is 18.5 Å². The summed E-state index contributed by atoms with van der Waals surface area (Å²) in [7, 11) is -3.43. The molecule has 0 aliphatic carbocycles. The molecule has 1 aliphatic heterocycles. The van der Waals surface area contributed by atoms with Gasteiger partial charge in [-0.15, -0.1) is 11.6 Å². The molecule has 2 rings (SSSR count). The zero-order valence-electron chi connectivity index (χ0n) is 11.2. The minimum absolute atomic E-state index is 0.0752. The van der Waals surface area contributed by atoms with Crippen LogP contribution in [-0.4, -0.2) is 31.2 Å². The van der Waals surface area contributed by atoms with Crippen LogP contribution in [-0.2, 0) is 10.0 Å². The lowest BCUT2D eigenvalue weighted by Gasteiger charge is -2.28. The van der Waals surface area contributed by atoms with E-state index >= 15 is 0 Å². The topological polar surface area (TPSA) is 37.4 Å². The predicted octanol–water partition coefficient (Wildman–Crippen LogP) is 3.17. The number of hydrogen-bond donors (Lipinski definition) is 0. The highest BCUT2D eigenvalue weighted by Gasteiger charge is 2.32. The molecule has 19 heavy (non-hydrogen) atoms. The van der Waals surface area contributed by atoms with Gasteiger partial charge in [0.25, 0.3) is 0 Å². The van der Waals surface area contributed by atoms with Gasteiger partial charge >= 0.3 is 0 Å². The number of hydrogen-bond acceptors (Lipinski definition) is 2. The molecule has 0 bridgehead atoms. The van der Waals surface area contributed by atoms with Crippen molar-refractivity contribution in [1.29, 1.82) is 0 Å². The van der Waals surface area contributed by atoms with Gasteiger partial charge in [0.15, 0.2) is 0 Å². The Morgan fingerprint density at radius 1 is 1.26 bits per heavy atom. The minimum atomic E-state index is -3.43. The van der Waals surface area contributed by atoms with Crippen molar-refractivity contribution in [2.24, 2.45) is 0 Å². The first kappa shape index (κ1) is 14.8. The minimum Gasteiger partial charge on any atom is -0.207 e. The summed E-state index contributed by atoms with van der Waals surface area (Å²) < 4.78 is 27.2. The highest BCUT2D eigenvalue weighted by molar-refractivity contribution is 7.89. The van der Waals surface area contributed by atoms with Gasteiger partial charge < -0.3 is 0 Å². The Labute approximate surface area is 120 Å². The summed E-state index contributed by atoms with van der Waals surface area (Å²) in [6, 6.07) is 7.07. The molecule has 1 aliphatic rings. The molecule has 1 aromatic rings. The molecule has 0 saturated carbocycles. The van der Waals surface area contributed by atoms with Gasteiger partial charge in [-0.05, 0) is 31.4 Å². The van der Waals surface area contributed by atoms with Crippen molar-refractivity contribution in [1.82, 2.24) is 4.31 Å². The van der Waals surface area contributed by atoms with Crippen LogP contribution in [0.1, 0.15) is 31.2 Å². The lowest BCUT2D eigenvalue weighted by Crippen LogP contribution is -2.41. The Balaban J connectivity index is 2.39. The molecule has 1 fully saturated rings. The fraction of sp³-hybridized carbons (Fsp3) is 0.571. The Hall–Kier alpha value is -0.580. The van der Waals surface area contributed by atoms with E-state index in [2.05, 4.69) is 0 Å². The molecule has 1 heterocycles. The second kappa shape index (κ2) is 6.25. The lowest BCUT2D eigenvalue weighted by molar-refractivity contribution is 0.345. The highest BCUT2D eigenvalue weighted by atomic mass is 35.5. The lowest BCUT2D eigenvalue weighted by atomic mass is 10.1. The molecular weight excluding hydrogens is 282 g/mol. The maximum absolute atomic E-state index is 12.8. The Morgan fingerprint density at radius 3 is 2.68 bits per heavy atom. The van der Waals surface area contributed by atoms with E-state index in [0.29, 0.717) is 17.3 Å².